The monoisotopic (exact) mass is 379 g/mol. The van der Waals surface area contributed by atoms with Gasteiger partial charge in [-0.3, -0.25) is 4.79 Å². The number of ether oxygens (including phenoxy) is 1. The second-order valence-electron chi connectivity index (χ2n) is 7.25. The molecule has 1 aliphatic carbocycles. The number of hydrogen-bond donors (Lipinski definition) is 0. The number of carbonyl (C=O) groups excluding carboxylic acids is 1. The summed E-state index contributed by atoms with van der Waals surface area (Å²) in [5.74, 6) is -0.213. The third kappa shape index (κ3) is 3.27. The summed E-state index contributed by atoms with van der Waals surface area (Å²) in [5, 5.41) is 1.27. The Morgan fingerprint density at radius 2 is 1.93 bits per heavy atom. The van der Waals surface area contributed by atoms with Gasteiger partial charge in [-0.15, -0.1) is 11.3 Å². The molecule has 1 aromatic carbocycles. The van der Waals surface area contributed by atoms with E-state index in [-0.39, 0.29) is 12.4 Å². The van der Waals surface area contributed by atoms with Crippen molar-refractivity contribution in [3.63, 3.8) is 0 Å². The molecule has 3 aromatic rings. The molecule has 0 saturated heterocycles. The van der Waals surface area contributed by atoms with Gasteiger partial charge in [-0.1, -0.05) is 31.2 Å². The van der Waals surface area contributed by atoms with Gasteiger partial charge in [0.15, 0.2) is 0 Å². The molecular formula is C23H25NO2S. The molecular weight excluding hydrogens is 354 g/mol. The van der Waals surface area contributed by atoms with Crippen LogP contribution < -0.4 is 0 Å². The van der Waals surface area contributed by atoms with Gasteiger partial charge in [0.2, 0.25) is 0 Å². The largest absolute Gasteiger partial charge is 0.469 e. The summed E-state index contributed by atoms with van der Waals surface area (Å²) >= 11 is 1.84. The van der Waals surface area contributed by atoms with Gasteiger partial charge in [-0.2, -0.15) is 0 Å². The van der Waals surface area contributed by atoms with Gasteiger partial charge in [0, 0.05) is 16.0 Å². The van der Waals surface area contributed by atoms with E-state index in [9.17, 15) is 4.79 Å². The number of aryl methyl sites for hydroxylation is 4. The van der Waals surface area contributed by atoms with Crippen LogP contribution in [0.15, 0.2) is 24.3 Å². The number of esters is 1. The summed E-state index contributed by atoms with van der Waals surface area (Å²) < 4.78 is 4.98. The number of hydrogen-bond acceptors (Lipinski definition) is 4. The summed E-state index contributed by atoms with van der Waals surface area (Å²) in [5.41, 5.74) is 7.07. The van der Waals surface area contributed by atoms with Crippen LogP contribution in [0, 0.1) is 6.92 Å². The average Bonchev–Trinajstić information content (AvgIpc) is 3.06. The first-order valence-electron chi connectivity index (χ1n) is 9.72. The molecule has 2 heterocycles. The first kappa shape index (κ1) is 18.2. The molecule has 0 amide bonds. The highest BCUT2D eigenvalue weighted by atomic mass is 32.1. The van der Waals surface area contributed by atoms with E-state index in [1.165, 1.54) is 52.5 Å². The molecule has 0 N–H and O–H groups in total. The van der Waals surface area contributed by atoms with Crippen molar-refractivity contribution in [2.24, 2.45) is 0 Å². The highest BCUT2D eigenvalue weighted by Gasteiger charge is 2.24. The van der Waals surface area contributed by atoms with Crippen molar-refractivity contribution in [1.29, 1.82) is 0 Å². The molecule has 2 aromatic heterocycles. The quantitative estimate of drug-likeness (QED) is 0.568. The lowest BCUT2D eigenvalue weighted by molar-refractivity contribution is -0.139. The van der Waals surface area contributed by atoms with E-state index < -0.39 is 0 Å². The van der Waals surface area contributed by atoms with Crippen LogP contribution in [0.3, 0.4) is 0 Å². The van der Waals surface area contributed by atoms with E-state index in [1.54, 1.807) is 0 Å². The van der Waals surface area contributed by atoms with Crippen molar-refractivity contribution >= 4 is 27.5 Å². The summed E-state index contributed by atoms with van der Waals surface area (Å²) in [6.07, 6.45) is 6.03. The van der Waals surface area contributed by atoms with Gasteiger partial charge in [0.1, 0.15) is 4.83 Å². The fourth-order valence-electron chi connectivity index (χ4n) is 4.10. The molecule has 0 unspecified atom stereocenters. The van der Waals surface area contributed by atoms with E-state index in [0.29, 0.717) is 0 Å². The molecule has 0 saturated carbocycles. The van der Waals surface area contributed by atoms with Crippen molar-refractivity contribution in [3.8, 4) is 11.1 Å². The predicted octanol–water partition coefficient (Wildman–Crippen LogP) is 5.43. The van der Waals surface area contributed by atoms with Crippen LogP contribution in [0.1, 0.15) is 47.0 Å². The molecule has 0 fully saturated rings. The molecule has 0 radical (unpaired) electrons. The Bertz CT molecular complexity index is 1000. The molecule has 0 aliphatic heterocycles. The molecule has 1 aliphatic rings. The average molecular weight is 380 g/mol. The predicted molar refractivity (Wildman–Crippen MR) is 112 cm³/mol. The molecule has 27 heavy (non-hydrogen) atoms. The standard InChI is InChI=1S/C23H25NO2S/c1-4-15-9-11-16(12-10-15)21-18(13-20(25)26-3)14(2)24-23-22(21)17-7-5-6-8-19(17)27-23/h9-12H,4-8,13H2,1-3H3. The number of methoxy groups -OCH3 is 1. The van der Waals surface area contributed by atoms with Crippen molar-refractivity contribution in [3.05, 3.63) is 51.5 Å². The number of thiophene rings is 1. The Balaban J connectivity index is 2.01. The number of nitrogens with zero attached hydrogens (tertiary/aromatic N) is 1. The smallest absolute Gasteiger partial charge is 0.310 e. The third-order valence-corrected chi connectivity index (χ3v) is 6.80. The zero-order valence-corrected chi connectivity index (χ0v) is 17.0. The molecule has 0 bridgehead atoms. The van der Waals surface area contributed by atoms with Crippen molar-refractivity contribution in [2.75, 3.05) is 7.11 Å². The first-order valence-corrected chi connectivity index (χ1v) is 10.5. The van der Waals surface area contributed by atoms with Crippen LogP contribution in [0.5, 0.6) is 0 Å². The van der Waals surface area contributed by atoms with Crippen LogP contribution in [0.2, 0.25) is 0 Å². The minimum Gasteiger partial charge on any atom is -0.469 e. The normalized spacial score (nSPS) is 13.6. The van der Waals surface area contributed by atoms with Crippen molar-refractivity contribution < 1.29 is 9.53 Å². The Morgan fingerprint density at radius 3 is 2.63 bits per heavy atom. The van der Waals surface area contributed by atoms with Crippen molar-refractivity contribution in [2.45, 2.75) is 52.4 Å². The highest BCUT2D eigenvalue weighted by Crippen LogP contribution is 2.43. The zero-order valence-electron chi connectivity index (χ0n) is 16.2. The topological polar surface area (TPSA) is 39.2 Å². The molecule has 0 spiro atoms. The van der Waals surface area contributed by atoms with Gasteiger partial charge >= 0.3 is 5.97 Å². The summed E-state index contributed by atoms with van der Waals surface area (Å²) in [6.45, 7) is 4.18. The Morgan fingerprint density at radius 1 is 1.19 bits per heavy atom. The lowest BCUT2D eigenvalue weighted by Gasteiger charge is -2.17. The number of carbonyl (C=O) groups is 1. The minimum atomic E-state index is -0.213. The van der Waals surface area contributed by atoms with E-state index in [2.05, 4.69) is 31.2 Å². The zero-order chi connectivity index (χ0) is 19.0. The lowest BCUT2D eigenvalue weighted by atomic mass is 9.88. The Hall–Kier alpha value is -2.20. The van der Waals surface area contributed by atoms with E-state index in [4.69, 9.17) is 9.72 Å². The van der Waals surface area contributed by atoms with Gasteiger partial charge in [-0.25, -0.2) is 4.98 Å². The van der Waals surface area contributed by atoms with Crippen LogP contribution in [0.4, 0.5) is 0 Å². The SMILES string of the molecule is CCc1ccc(-c2c(CC(=O)OC)c(C)nc3sc4c(c23)CCCC4)cc1. The van der Waals surface area contributed by atoms with Crippen molar-refractivity contribution in [1.82, 2.24) is 4.98 Å². The molecule has 140 valence electrons. The fourth-order valence-corrected chi connectivity index (χ4v) is 5.42. The Kier molecular flexibility index (Phi) is 5.00. The molecule has 4 heteroatoms. The highest BCUT2D eigenvalue weighted by molar-refractivity contribution is 7.19. The summed E-state index contributed by atoms with van der Waals surface area (Å²) in [6, 6.07) is 8.77. The maximum Gasteiger partial charge on any atom is 0.310 e. The number of pyridine rings is 1. The molecule has 3 nitrogen and oxygen atoms in total. The van der Waals surface area contributed by atoms with Gasteiger partial charge < -0.3 is 4.74 Å². The fraction of sp³-hybridized carbons (Fsp3) is 0.391. The maximum atomic E-state index is 12.1. The van der Waals surface area contributed by atoms with Crippen LogP contribution >= 0.6 is 11.3 Å². The van der Waals surface area contributed by atoms with Crippen LogP contribution in [-0.4, -0.2) is 18.1 Å². The number of rotatable bonds is 4. The van der Waals surface area contributed by atoms with Crippen LogP contribution in [-0.2, 0) is 35.2 Å². The number of fused-ring (bicyclic) bond motifs is 3. The second-order valence-corrected chi connectivity index (χ2v) is 8.33. The second kappa shape index (κ2) is 7.43. The summed E-state index contributed by atoms with van der Waals surface area (Å²) in [4.78, 5) is 19.6. The van der Waals surface area contributed by atoms with E-state index in [0.717, 1.165) is 35.4 Å². The van der Waals surface area contributed by atoms with Gasteiger partial charge in [-0.05, 0) is 66.8 Å². The van der Waals surface area contributed by atoms with E-state index >= 15 is 0 Å². The molecule has 4 rings (SSSR count). The van der Waals surface area contributed by atoms with Crippen LogP contribution in [0.25, 0.3) is 21.3 Å². The van der Waals surface area contributed by atoms with Gasteiger partial charge in [0.05, 0.1) is 13.5 Å². The Labute approximate surface area is 164 Å². The lowest BCUT2D eigenvalue weighted by Crippen LogP contribution is -2.09. The number of aromatic nitrogens is 1. The third-order valence-electron chi connectivity index (χ3n) is 5.61. The minimum absolute atomic E-state index is 0.213. The van der Waals surface area contributed by atoms with Gasteiger partial charge in [0.25, 0.3) is 0 Å². The molecule has 0 atom stereocenters. The first-order chi connectivity index (χ1) is 13.1. The van der Waals surface area contributed by atoms with E-state index in [1.807, 2.05) is 18.3 Å². The maximum absolute atomic E-state index is 12.1. The number of benzene rings is 1. The summed E-state index contributed by atoms with van der Waals surface area (Å²) in [7, 11) is 1.45.